The molecule has 1 heterocycles. The number of rotatable bonds is 0. The van der Waals surface area contributed by atoms with Crippen LogP contribution in [0.4, 0.5) is 0 Å². The molecule has 1 aromatic carbocycles. The van der Waals surface area contributed by atoms with E-state index in [1.807, 2.05) is 0 Å². The lowest BCUT2D eigenvalue weighted by Crippen LogP contribution is -2.18. The van der Waals surface area contributed by atoms with E-state index in [9.17, 15) is 19.2 Å². The lowest BCUT2D eigenvalue weighted by molar-refractivity contribution is -0.234. The Balaban J connectivity index is 2.41. The van der Waals surface area contributed by atoms with Crippen LogP contribution in [-0.2, 0) is 19.4 Å². The zero-order valence-corrected chi connectivity index (χ0v) is 9.88. The third kappa shape index (κ3) is 2.85. The maximum absolute atomic E-state index is 11.9. The van der Waals surface area contributed by atoms with Crippen molar-refractivity contribution >= 4 is 23.5 Å². The molecule has 0 aromatic heterocycles. The monoisotopic (exact) mass is 262 g/mol. The minimum Gasteiger partial charge on any atom is -0.290 e. The van der Waals surface area contributed by atoms with Crippen LogP contribution >= 0.6 is 0 Å². The van der Waals surface area contributed by atoms with Gasteiger partial charge < -0.3 is 0 Å². The normalized spacial score (nSPS) is 17.1. The summed E-state index contributed by atoms with van der Waals surface area (Å²) >= 11 is 0. The Kier molecular flexibility index (Phi) is 3.70. The minimum atomic E-state index is -0.980. The standard InChI is InChI=1S/C13H10O6/c14-10-6-3-7-11(15)18-19-13(17)9-5-2-1-4-8(9)12(10)16/h1-2,4-5H,3,6-7H2. The van der Waals surface area contributed by atoms with Gasteiger partial charge in [-0.05, 0) is 12.5 Å². The van der Waals surface area contributed by atoms with E-state index in [1.165, 1.54) is 24.3 Å². The van der Waals surface area contributed by atoms with Gasteiger partial charge in [-0.2, -0.15) is 0 Å². The highest BCUT2D eigenvalue weighted by molar-refractivity contribution is 6.44. The first-order valence-corrected chi connectivity index (χ1v) is 5.68. The van der Waals surface area contributed by atoms with Gasteiger partial charge in [-0.1, -0.05) is 18.2 Å². The fourth-order valence-electron chi connectivity index (χ4n) is 1.69. The molecule has 0 saturated heterocycles. The maximum atomic E-state index is 11.9. The first-order chi connectivity index (χ1) is 9.09. The lowest BCUT2D eigenvalue weighted by atomic mass is 9.99. The van der Waals surface area contributed by atoms with Crippen LogP contribution in [0.3, 0.4) is 0 Å². The number of hydrogen-bond donors (Lipinski definition) is 0. The summed E-state index contributed by atoms with van der Waals surface area (Å²) in [6, 6.07) is 5.73. The number of fused-ring (bicyclic) bond motifs is 1. The molecule has 0 N–H and O–H groups in total. The van der Waals surface area contributed by atoms with E-state index in [-0.39, 0.29) is 30.4 Å². The topological polar surface area (TPSA) is 86.7 Å². The van der Waals surface area contributed by atoms with E-state index >= 15 is 0 Å². The summed E-state index contributed by atoms with van der Waals surface area (Å²) in [6.45, 7) is 0. The Hall–Kier alpha value is -2.50. The third-order valence-electron chi connectivity index (χ3n) is 2.64. The summed E-state index contributed by atoms with van der Waals surface area (Å²) in [7, 11) is 0. The quantitative estimate of drug-likeness (QED) is 0.516. The molecule has 6 heteroatoms. The van der Waals surface area contributed by atoms with Gasteiger partial charge in [0.2, 0.25) is 11.6 Å². The van der Waals surface area contributed by atoms with Crippen molar-refractivity contribution in [3.63, 3.8) is 0 Å². The van der Waals surface area contributed by atoms with Gasteiger partial charge in [-0.15, -0.1) is 0 Å². The van der Waals surface area contributed by atoms with Crippen LogP contribution in [-0.4, -0.2) is 23.5 Å². The number of ketones is 2. The van der Waals surface area contributed by atoms with Gasteiger partial charge in [-0.3, -0.25) is 9.59 Å². The molecule has 1 aliphatic heterocycles. The van der Waals surface area contributed by atoms with Crippen LogP contribution in [0.5, 0.6) is 0 Å². The van der Waals surface area contributed by atoms with Crippen LogP contribution in [0.2, 0.25) is 0 Å². The molecule has 0 unspecified atom stereocenters. The highest BCUT2D eigenvalue weighted by Gasteiger charge is 2.25. The van der Waals surface area contributed by atoms with Crippen LogP contribution in [0, 0.1) is 0 Å². The molecule has 1 aliphatic rings. The van der Waals surface area contributed by atoms with E-state index in [2.05, 4.69) is 9.78 Å². The van der Waals surface area contributed by atoms with Crippen molar-refractivity contribution in [2.45, 2.75) is 19.3 Å². The average Bonchev–Trinajstić information content (AvgIpc) is 2.44. The highest BCUT2D eigenvalue weighted by Crippen LogP contribution is 2.15. The van der Waals surface area contributed by atoms with E-state index < -0.39 is 23.5 Å². The Labute approximate surface area is 108 Å². The second-order valence-electron chi connectivity index (χ2n) is 3.98. The summed E-state index contributed by atoms with van der Waals surface area (Å²) in [5.74, 6) is -3.14. The predicted molar refractivity (Wildman–Crippen MR) is 61.1 cm³/mol. The van der Waals surface area contributed by atoms with Crippen molar-refractivity contribution in [3.05, 3.63) is 35.4 Å². The van der Waals surface area contributed by atoms with E-state index in [0.29, 0.717) is 0 Å². The molecular formula is C13H10O6. The fourth-order valence-corrected chi connectivity index (χ4v) is 1.69. The highest BCUT2D eigenvalue weighted by atomic mass is 17.2. The molecular weight excluding hydrogens is 252 g/mol. The molecule has 0 radical (unpaired) electrons. The van der Waals surface area contributed by atoms with Gasteiger partial charge in [0, 0.05) is 12.0 Å². The van der Waals surface area contributed by atoms with E-state index in [4.69, 9.17) is 0 Å². The molecule has 0 bridgehead atoms. The number of hydrogen-bond acceptors (Lipinski definition) is 6. The fraction of sp³-hybridized carbons (Fsp3) is 0.231. The lowest BCUT2D eigenvalue weighted by Gasteiger charge is -2.05. The van der Waals surface area contributed by atoms with Gasteiger partial charge >= 0.3 is 11.9 Å². The van der Waals surface area contributed by atoms with Crippen LogP contribution in [0.15, 0.2) is 24.3 Å². The van der Waals surface area contributed by atoms with E-state index in [1.54, 1.807) is 0 Å². The maximum Gasteiger partial charge on any atom is 0.387 e. The Morgan fingerprint density at radius 2 is 1.53 bits per heavy atom. The molecule has 0 amide bonds. The van der Waals surface area contributed by atoms with Crippen LogP contribution < -0.4 is 0 Å². The molecule has 19 heavy (non-hydrogen) atoms. The molecule has 98 valence electrons. The van der Waals surface area contributed by atoms with Crippen molar-refractivity contribution in [2.24, 2.45) is 0 Å². The minimum absolute atomic E-state index is 0.0459. The molecule has 6 nitrogen and oxygen atoms in total. The van der Waals surface area contributed by atoms with Crippen molar-refractivity contribution in [1.29, 1.82) is 0 Å². The molecule has 0 fully saturated rings. The average molecular weight is 262 g/mol. The molecule has 0 spiro atoms. The SMILES string of the molecule is O=C1CCCC(=O)C(=O)c2ccccc2C(=O)OO1. The number of carbonyl (C=O) groups excluding carboxylic acids is 4. The summed E-state index contributed by atoms with van der Waals surface area (Å²) in [5, 5.41) is 0. The van der Waals surface area contributed by atoms with E-state index in [0.717, 1.165) is 0 Å². The van der Waals surface area contributed by atoms with Crippen LogP contribution in [0.25, 0.3) is 0 Å². The Morgan fingerprint density at radius 1 is 0.842 bits per heavy atom. The number of carbonyl (C=O) groups is 4. The summed E-state index contributed by atoms with van der Waals surface area (Å²) in [4.78, 5) is 55.1. The van der Waals surface area contributed by atoms with Crippen molar-refractivity contribution in [1.82, 2.24) is 0 Å². The Bertz CT molecular complexity index is 560. The predicted octanol–water partition coefficient (Wildman–Crippen LogP) is 1.24. The zero-order valence-electron chi connectivity index (χ0n) is 9.88. The third-order valence-corrected chi connectivity index (χ3v) is 2.64. The van der Waals surface area contributed by atoms with Crippen LogP contribution in [0.1, 0.15) is 40.0 Å². The Morgan fingerprint density at radius 3 is 2.26 bits per heavy atom. The number of Topliss-reactive ketones (excluding diaryl/α,β-unsaturated/α-hetero) is 2. The van der Waals surface area contributed by atoms with Gasteiger partial charge in [-0.25, -0.2) is 19.4 Å². The van der Waals surface area contributed by atoms with Gasteiger partial charge in [0.15, 0.2) is 0 Å². The largest absolute Gasteiger partial charge is 0.387 e. The number of benzene rings is 1. The molecule has 0 atom stereocenters. The first-order valence-electron chi connectivity index (χ1n) is 5.68. The molecule has 0 aliphatic carbocycles. The zero-order chi connectivity index (χ0) is 13.8. The second-order valence-corrected chi connectivity index (χ2v) is 3.98. The van der Waals surface area contributed by atoms with Gasteiger partial charge in [0.25, 0.3) is 0 Å². The van der Waals surface area contributed by atoms with Crippen molar-refractivity contribution < 1.29 is 29.0 Å². The molecule has 1 aromatic rings. The molecule has 2 rings (SSSR count). The summed E-state index contributed by atoms with van der Waals surface area (Å²) < 4.78 is 0. The second kappa shape index (κ2) is 5.43. The van der Waals surface area contributed by atoms with Crippen molar-refractivity contribution in [3.8, 4) is 0 Å². The van der Waals surface area contributed by atoms with Crippen molar-refractivity contribution in [2.75, 3.05) is 0 Å². The molecule has 0 saturated carbocycles. The smallest absolute Gasteiger partial charge is 0.290 e. The summed E-state index contributed by atoms with van der Waals surface area (Å²) in [5.41, 5.74) is -0.147. The van der Waals surface area contributed by atoms with Gasteiger partial charge in [0.05, 0.1) is 12.0 Å². The first kappa shape index (κ1) is 12.9. The van der Waals surface area contributed by atoms with Gasteiger partial charge in [0.1, 0.15) is 0 Å². The summed E-state index contributed by atoms with van der Waals surface area (Å²) in [6.07, 6.45) is 0.00221.